The molecule has 6 heteroatoms. The second-order valence-electron chi connectivity index (χ2n) is 6.27. The molecular formula is C18H30O6. The van der Waals surface area contributed by atoms with Gasteiger partial charge in [-0.05, 0) is 12.5 Å². The van der Waals surface area contributed by atoms with E-state index in [4.69, 9.17) is 4.74 Å². The Morgan fingerprint density at radius 3 is 2.38 bits per heavy atom. The molecule has 24 heavy (non-hydrogen) atoms. The summed E-state index contributed by atoms with van der Waals surface area (Å²) in [5, 5.41) is 19.7. The van der Waals surface area contributed by atoms with Crippen LogP contribution in [0.25, 0.3) is 0 Å². The predicted octanol–water partition coefficient (Wildman–Crippen LogP) is 2.26. The van der Waals surface area contributed by atoms with Crippen LogP contribution in [0.2, 0.25) is 0 Å². The van der Waals surface area contributed by atoms with E-state index >= 15 is 0 Å². The molecule has 0 bridgehead atoms. The van der Waals surface area contributed by atoms with Gasteiger partial charge in [0.1, 0.15) is 12.2 Å². The number of carbonyl (C=O) groups excluding carboxylic acids is 2. The van der Waals surface area contributed by atoms with Gasteiger partial charge in [-0.3, -0.25) is 4.79 Å². The first-order valence-corrected chi connectivity index (χ1v) is 8.84. The Bertz CT molecular complexity index is 431. The molecule has 0 spiro atoms. The molecule has 1 aliphatic rings. The van der Waals surface area contributed by atoms with Crippen molar-refractivity contribution in [3.05, 3.63) is 11.6 Å². The van der Waals surface area contributed by atoms with Gasteiger partial charge in [-0.25, -0.2) is 4.79 Å². The van der Waals surface area contributed by atoms with Gasteiger partial charge >= 0.3 is 11.9 Å². The van der Waals surface area contributed by atoms with Gasteiger partial charge in [0.25, 0.3) is 0 Å². The average Bonchev–Trinajstić information content (AvgIpc) is 2.57. The summed E-state index contributed by atoms with van der Waals surface area (Å²) in [5.41, 5.74) is 0.212. The summed E-state index contributed by atoms with van der Waals surface area (Å²) in [5.74, 6) is -1.02. The van der Waals surface area contributed by atoms with E-state index in [2.05, 4.69) is 11.7 Å². The lowest BCUT2D eigenvalue weighted by Gasteiger charge is -2.29. The molecule has 0 amide bonds. The molecule has 1 aliphatic carbocycles. The zero-order chi connectivity index (χ0) is 17.9. The summed E-state index contributed by atoms with van der Waals surface area (Å²) in [6, 6.07) is 0. The van der Waals surface area contributed by atoms with E-state index in [-0.39, 0.29) is 18.4 Å². The van der Waals surface area contributed by atoms with Gasteiger partial charge in [-0.1, -0.05) is 45.4 Å². The van der Waals surface area contributed by atoms with Gasteiger partial charge < -0.3 is 19.7 Å². The number of ether oxygens (including phenoxy) is 2. The molecule has 0 aliphatic heterocycles. The lowest BCUT2D eigenvalue weighted by atomic mass is 9.92. The van der Waals surface area contributed by atoms with E-state index in [0.29, 0.717) is 0 Å². The summed E-state index contributed by atoms with van der Waals surface area (Å²) in [4.78, 5) is 23.4. The second kappa shape index (κ2) is 11.2. The maximum atomic E-state index is 11.9. The van der Waals surface area contributed by atoms with Crippen LogP contribution >= 0.6 is 0 Å². The number of aliphatic hydroxyl groups is 2. The number of esters is 2. The van der Waals surface area contributed by atoms with Crippen molar-refractivity contribution in [1.82, 2.24) is 0 Å². The van der Waals surface area contributed by atoms with Gasteiger partial charge in [0.15, 0.2) is 0 Å². The fourth-order valence-corrected chi connectivity index (χ4v) is 2.75. The number of aliphatic hydroxyl groups excluding tert-OH is 2. The molecule has 0 saturated heterocycles. The normalized spacial score (nSPS) is 23.5. The molecule has 138 valence electrons. The number of methoxy groups -OCH3 is 1. The van der Waals surface area contributed by atoms with Crippen molar-refractivity contribution in [2.24, 2.45) is 0 Å². The number of carbonyl (C=O) groups is 2. The molecule has 3 atom stereocenters. The molecule has 0 saturated carbocycles. The highest BCUT2D eigenvalue weighted by Gasteiger charge is 2.35. The minimum absolute atomic E-state index is 0.0142. The maximum absolute atomic E-state index is 11.9. The van der Waals surface area contributed by atoms with Crippen LogP contribution in [-0.2, 0) is 19.1 Å². The Hall–Kier alpha value is -1.40. The third-order valence-corrected chi connectivity index (χ3v) is 4.22. The Kier molecular flexibility index (Phi) is 9.64. The SMILES string of the molecule is CCCCCCCCCC(=O)O[C@@H]1C=C(C(=O)OC)C[C@@H](O)[C@@H]1O. The monoisotopic (exact) mass is 342 g/mol. The summed E-state index contributed by atoms with van der Waals surface area (Å²) in [7, 11) is 1.24. The molecule has 0 radical (unpaired) electrons. The van der Waals surface area contributed by atoms with Gasteiger partial charge in [-0.15, -0.1) is 0 Å². The number of unbranched alkanes of at least 4 members (excludes halogenated alkanes) is 6. The van der Waals surface area contributed by atoms with Gasteiger partial charge in [-0.2, -0.15) is 0 Å². The van der Waals surface area contributed by atoms with Crippen molar-refractivity contribution in [1.29, 1.82) is 0 Å². The quantitative estimate of drug-likeness (QED) is 0.467. The minimum atomic E-state index is -1.23. The molecule has 0 fully saturated rings. The van der Waals surface area contributed by atoms with Crippen molar-refractivity contribution in [2.75, 3.05) is 7.11 Å². The molecule has 0 unspecified atom stereocenters. The first kappa shape index (κ1) is 20.6. The predicted molar refractivity (Wildman–Crippen MR) is 89.2 cm³/mol. The summed E-state index contributed by atoms with van der Waals surface area (Å²) in [6.07, 6.45) is 5.92. The van der Waals surface area contributed by atoms with Crippen LogP contribution < -0.4 is 0 Å². The van der Waals surface area contributed by atoms with Crippen molar-refractivity contribution in [3.8, 4) is 0 Å². The van der Waals surface area contributed by atoms with Crippen LogP contribution in [0.1, 0.15) is 64.7 Å². The summed E-state index contributed by atoms with van der Waals surface area (Å²) in [6.45, 7) is 2.17. The largest absolute Gasteiger partial charge is 0.466 e. The number of rotatable bonds is 10. The van der Waals surface area contributed by atoms with Gasteiger partial charge in [0.2, 0.25) is 0 Å². The molecule has 0 aromatic carbocycles. The van der Waals surface area contributed by atoms with Crippen LogP contribution in [-0.4, -0.2) is 47.6 Å². The Morgan fingerprint density at radius 2 is 1.75 bits per heavy atom. The lowest BCUT2D eigenvalue weighted by Crippen LogP contribution is -2.43. The van der Waals surface area contributed by atoms with E-state index in [0.717, 1.165) is 19.3 Å². The molecule has 6 nitrogen and oxygen atoms in total. The first-order valence-electron chi connectivity index (χ1n) is 8.84. The Labute approximate surface area is 143 Å². The van der Waals surface area contributed by atoms with Crippen LogP contribution in [0.3, 0.4) is 0 Å². The molecule has 0 heterocycles. The van der Waals surface area contributed by atoms with Crippen LogP contribution in [0.15, 0.2) is 11.6 Å². The van der Waals surface area contributed by atoms with Crippen molar-refractivity contribution in [3.63, 3.8) is 0 Å². The molecule has 2 N–H and O–H groups in total. The van der Waals surface area contributed by atoms with Crippen LogP contribution in [0.5, 0.6) is 0 Å². The zero-order valence-electron chi connectivity index (χ0n) is 14.7. The topological polar surface area (TPSA) is 93.1 Å². The van der Waals surface area contributed by atoms with E-state index in [1.54, 1.807) is 0 Å². The smallest absolute Gasteiger partial charge is 0.333 e. The van der Waals surface area contributed by atoms with E-state index in [1.807, 2.05) is 0 Å². The molecular weight excluding hydrogens is 312 g/mol. The summed E-state index contributed by atoms with van der Waals surface area (Å²) >= 11 is 0. The molecule has 0 aromatic heterocycles. The van der Waals surface area contributed by atoms with E-state index in [9.17, 15) is 19.8 Å². The lowest BCUT2D eigenvalue weighted by molar-refractivity contribution is -0.157. The number of hydrogen-bond donors (Lipinski definition) is 2. The highest BCUT2D eigenvalue weighted by atomic mass is 16.6. The fraction of sp³-hybridized carbons (Fsp3) is 0.778. The Morgan fingerprint density at radius 1 is 1.12 bits per heavy atom. The number of hydrogen-bond acceptors (Lipinski definition) is 6. The van der Waals surface area contributed by atoms with Crippen molar-refractivity contribution >= 4 is 11.9 Å². The van der Waals surface area contributed by atoms with Crippen LogP contribution in [0, 0.1) is 0 Å². The van der Waals surface area contributed by atoms with Gasteiger partial charge in [0.05, 0.1) is 13.2 Å². The highest BCUT2D eigenvalue weighted by molar-refractivity contribution is 5.88. The summed E-state index contributed by atoms with van der Waals surface area (Å²) < 4.78 is 9.82. The highest BCUT2D eigenvalue weighted by Crippen LogP contribution is 2.23. The fourth-order valence-electron chi connectivity index (χ4n) is 2.75. The molecule has 0 aromatic rings. The standard InChI is InChI=1S/C18H30O6/c1-3-4-5-6-7-8-9-10-16(20)24-15-12-13(18(22)23-2)11-14(19)17(15)21/h12,14-15,17,19,21H,3-11H2,1-2H3/t14-,15-,17+/m1/s1. The van der Waals surface area contributed by atoms with Crippen molar-refractivity contribution < 1.29 is 29.3 Å². The van der Waals surface area contributed by atoms with E-state index in [1.165, 1.54) is 38.9 Å². The molecule has 1 rings (SSSR count). The van der Waals surface area contributed by atoms with Crippen LogP contribution in [0.4, 0.5) is 0 Å². The second-order valence-corrected chi connectivity index (χ2v) is 6.27. The van der Waals surface area contributed by atoms with E-state index < -0.39 is 30.3 Å². The minimum Gasteiger partial charge on any atom is -0.466 e. The zero-order valence-corrected chi connectivity index (χ0v) is 14.7. The van der Waals surface area contributed by atoms with Crippen molar-refractivity contribution in [2.45, 2.75) is 83.0 Å². The maximum Gasteiger partial charge on any atom is 0.333 e. The van der Waals surface area contributed by atoms with Gasteiger partial charge in [0, 0.05) is 18.4 Å². The Balaban J connectivity index is 2.37. The first-order chi connectivity index (χ1) is 11.5. The third-order valence-electron chi connectivity index (χ3n) is 4.22. The third kappa shape index (κ3) is 7.01. The average molecular weight is 342 g/mol.